The summed E-state index contributed by atoms with van der Waals surface area (Å²) >= 11 is 0. The molecule has 0 aliphatic heterocycles. The van der Waals surface area contributed by atoms with E-state index in [9.17, 15) is 0 Å². The van der Waals surface area contributed by atoms with E-state index >= 15 is 0 Å². The SMILES string of the molecule is C[S+](C)COc1ccccc1. The molecule has 0 amide bonds. The van der Waals surface area contributed by atoms with Crippen molar-refractivity contribution in [3.8, 4) is 5.75 Å². The van der Waals surface area contributed by atoms with Gasteiger partial charge in [0.15, 0.2) is 0 Å². The van der Waals surface area contributed by atoms with Crippen molar-refractivity contribution in [3.05, 3.63) is 30.3 Å². The van der Waals surface area contributed by atoms with Gasteiger partial charge in [-0.3, -0.25) is 0 Å². The normalized spacial score (nSPS) is 10.1. The predicted molar refractivity (Wildman–Crippen MR) is 51.2 cm³/mol. The maximum Gasteiger partial charge on any atom is 0.246 e. The average molecular weight is 169 g/mol. The number of hydrogen-bond acceptors (Lipinski definition) is 1. The molecule has 1 aromatic carbocycles. The van der Waals surface area contributed by atoms with Gasteiger partial charge in [-0.25, -0.2) is 0 Å². The Morgan fingerprint density at radius 2 is 1.82 bits per heavy atom. The summed E-state index contributed by atoms with van der Waals surface area (Å²) in [7, 11) is 0.362. The highest BCUT2D eigenvalue weighted by atomic mass is 32.2. The molecule has 0 radical (unpaired) electrons. The lowest BCUT2D eigenvalue weighted by atomic mass is 10.3. The lowest BCUT2D eigenvalue weighted by Gasteiger charge is -2.01. The lowest BCUT2D eigenvalue weighted by Crippen LogP contribution is -2.08. The molecule has 0 spiro atoms. The molecule has 0 N–H and O–H groups in total. The molecule has 0 saturated carbocycles. The zero-order valence-corrected chi connectivity index (χ0v) is 7.73. The fourth-order valence-electron chi connectivity index (χ4n) is 0.703. The first-order valence-electron chi connectivity index (χ1n) is 3.51. The third kappa shape index (κ3) is 3.33. The molecule has 1 nitrogen and oxygen atoms in total. The molecule has 1 aromatic rings. The first-order valence-corrected chi connectivity index (χ1v) is 5.72. The van der Waals surface area contributed by atoms with Gasteiger partial charge in [0.2, 0.25) is 5.94 Å². The van der Waals surface area contributed by atoms with Crippen LogP contribution in [-0.4, -0.2) is 18.5 Å². The summed E-state index contributed by atoms with van der Waals surface area (Å²) in [5.74, 6) is 1.79. The molecule has 0 heterocycles. The van der Waals surface area contributed by atoms with Crippen LogP contribution in [0, 0.1) is 0 Å². The highest BCUT2D eigenvalue weighted by Gasteiger charge is 2.01. The van der Waals surface area contributed by atoms with Crippen LogP contribution in [0.25, 0.3) is 0 Å². The van der Waals surface area contributed by atoms with Crippen molar-refractivity contribution in [2.24, 2.45) is 0 Å². The summed E-state index contributed by atoms with van der Waals surface area (Å²) in [6.07, 6.45) is 4.34. The van der Waals surface area contributed by atoms with Crippen molar-refractivity contribution < 1.29 is 4.74 Å². The van der Waals surface area contributed by atoms with Gasteiger partial charge in [0, 0.05) is 10.9 Å². The number of rotatable bonds is 3. The first kappa shape index (κ1) is 8.47. The van der Waals surface area contributed by atoms with Crippen molar-refractivity contribution in [2.45, 2.75) is 0 Å². The van der Waals surface area contributed by atoms with Crippen molar-refractivity contribution >= 4 is 10.9 Å². The van der Waals surface area contributed by atoms with Crippen LogP contribution >= 0.6 is 0 Å². The number of para-hydroxylation sites is 1. The van der Waals surface area contributed by atoms with Gasteiger partial charge in [0.1, 0.15) is 18.3 Å². The van der Waals surface area contributed by atoms with Crippen LogP contribution in [-0.2, 0) is 10.9 Å². The summed E-state index contributed by atoms with van der Waals surface area (Å²) in [5, 5.41) is 0. The van der Waals surface area contributed by atoms with E-state index in [2.05, 4.69) is 12.5 Å². The average Bonchev–Trinajstić information content (AvgIpc) is 2.03. The van der Waals surface area contributed by atoms with Gasteiger partial charge in [0.05, 0.1) is 0 Å². The summed E-state index contributed by atoms with van der Waals surface area (Å²) < 4.78 is 5.48. The largest absolute Gasteiger partial charge is 0.449 e. The van der Waals surface area contributed by atoms with Crippen LogP contribution in [0.1, 0.15) is 0 Å². The molecule has 60 valence electrons. The van der Waals surface area contributed by atoms with Crippen molar-refractivity contribution in [1.29, 1.82) is 0 Å². The van der Waals surface area contributed by atoms with Gasteiger partial charge in [-0.1, -0.05) is 18.2 Å². The second-order valence-electron chi connectivity index (χ2n) is 2.56. The molecule has 11 heavy (non-hydrogen) atoms. The van der Waals surface area contributed by atoms with E-state index in [0.717, 1.165) is 11.7 Å². The quantitative estimate of drug-likeness (QED) is 0.628. The van der Waals surface area contributed by atoms with E-state index in [1.807, 2.05) is 30.3 Å². The maximum atomic E-state index is 5.48. The zero-order valence-electron chi connectivity index (χ0n) is 6.91. The Bertz CT molecular complexity index is 196. The molecule has 0 atom stereocenters. The summed E-state index contributed by atoms with van der Waals surface area (Å²) in [6.45, 7) is 0. The van der Waals surface area contributed by atoms with Crippen LogP contribution in [0.15, 0.2) is 30.3 Å². The molecular weight excluding hydrogens is 156 g/mol. The van der Waals surface area contributed by atoms with E-state index < -0.39 is 0 Å². The standard InChI is InChI=1S/C9H13OS/c1-11(2)8-10-9-6-4-3-5-7-9/h3-7H,8H2,1-2H3/q+1. The fourth-order valence-corrected chi connectivity index (χ4v) is 1.07. The topological polar surface area (TPSA) is 9.23 Å². The lowest BCUT2D eigenvalue weighted by molar-refractivity contribution is 0.391. The van der Waals surface area contributed by atoms with E-state index in [1.165, 1.54) is 0 Å². The summed E-state index contributed by atoms with van der Waals surface area (Å²) in [5.41, 5.74) is 0. The third-order valence-corrected chi connectivity index (χ3v) is 1.79. The number of benzene rings is 1. The van der Waals surface area contributed by atoms with Crippen LogP contribution in [0.2, 0.25) is 0 Å². The van der Waals surface area contributed by atoms with Gasteiger partial charge in [-0.15, -0.1) is 0 Å². The van der Waals surface area contributed by atoms with Crippen LogP contribution in [0.3, 0.4) is 0 Å². The minimum Gasteiger partial charge on any atom is -0.449 e. The Balaban J connectivity index is 2.39. The van der Waals surface area contributed by atoms with Crippen LogP contribution in [0.4, 0.5) is 0 Å². The summed E-state index contributed by atoms with van der Waals surface area (Å²) in [6, 6.07) is 9.92. The summed E-state index contributed by atoms with van der Waals surface area (Å²) in [4.78, 5) is 0. The molecule has 0 unspecified atom stereocenters. The Kier molecular flexibility index (Phi) is 3.30. The van der Waals surface area contributed by atoms with Gasteiger partial charge in [-0.05, 0) is 12.1 Å². The second-order valence-corrected chi connectivity index (χ2v) is 4.77. The highest BCUT2D eigenvalue weighted by Crippen LogP contribution is 2.08. The Labute approximate surface area is 70.7 Å². The molecule has 0 saturated heterocycles. The van der Waals surface area contributed by atoms with Gasteiger partial charge >= 0.3 is 0 Å². The number of ether oxygens (including phenoxy) is 1. The van der Waals surface area contributed by atoms with Gasteiger partial charge < -0.3 is 4.74 Å². The fraction of sp³-hybridized carbons (Fsp3) is 0.333. The molecule has 0 bridgehead atoms. The molecule has 0 fully saturated rings. The Morgan fingerprint density at radius 3 is 2.36 bits per heavy atom. The van der Waals surface area contributed by atoms with Crippen molar-refractivity contribution in [2.75, 3.05) is 18.5 Å². The molecular formula is C9H13OS+. The van der Waals surface area contributed by atoms with E-state index in [-0.39, 0.29) is 0 Å². The van der Waals surface area contributed by atoms with Gasteiger partial charge in [0.25, 0.3) is 0 Å². The maximum absolute atomic E-state index is 5.48. The van der Waals surface area contributed by atoms with Gasteiger partial charge in [-0.2, -0.15) is 0 Å². The van der Waals surface area contributed by atoms with Crippen molar-refractivity contribution in [1.82, 2.24) is 0 Å². The second kappa shape index (κ2) is 4.29. The molecule has 1 rings (SSSR count). The highest BCUT2D eigenvalue weighted by molar-refractivity contribution is 7.95. The monoisotopic (exact) mass is 169 g/mol. The smallest absolute Gasteiger partial charge is 0.246 e. The minimum absolute atomic E-state index is 0.362. The molecule has 0 aliphatic carbocycles. The van der Waals surface area contributed by atoms with E-state index in [4.69, 9.17) is 4.74 Å². The first-order chi connectivity index (χ1) is 5.29. The minimum atomic E-state index is 0.362. The predicted octanol–water partition coefficient (Wildman–Crippen LogP) is 1.90. The van der Waals surface area contributed by atoms with E-state index in [1.54, 1.807) is 0 Å². The van der Waals surface area contributed by atoms with Crippen molar-refractivity contribution in [3.63, 3.8) is 0 Å². The van der Waals surface area contributed by atoms with Crippen LogP contribution in [0.5, 0.6) is 5.75 Å². The Morgan fingerprint density at radius 1 is 1.18 bits per heavy atom. The van der Waals surface area contributed by atoms with Crippen LogP contribution < -0.4 is 4.74 Å². The molecule has 0 aromatic heterocycles. The molecule has 2 heteroatoms. The van der Waals surface area contributed by atoms with E-state index in [0.29, 0.717) is 10.9 Å². The third-order valence-electron chi connectivity index (χ3n) is 1.20. The Hall–Kier alpha value is -0.630. The number of hydrogen-bond donors (Lipinski definition) is 0. The molecule has 0 aliphatic rings. The zero-order chi connectivity index (χ0) is 8.10.